The summed E-state index contributed by atoms with van der Waals surface area (Å²) < 4.78 is 0. The van der Waals surface area contributed by atoms with Crippen molar-refractivity contribution in [3.63, 3.8) is 0 Å². The van der Waals surface area contributed by atoms with Crippen molar-refractivity contribution in [1.29, 1.82) is 5.26 Å². The first kappa shape index (κ1) is 22.9. The fraction of sp³-hybridized carbons (Fsp3) is 0.545. The number of likely N-dealkylation sites (tertiary alicyclic amines) is 2. The molecule has 0 radical (unpaired) electrons. The minimum absolute atomic E-state index is 0.00952. The van der Waals surface area contributed by atoms with Crippen molar-refractivity contribution in [2.24, 2.45) is 4.99 Å². The molecule has 2 N–H and O–H groups in total. The normalized spacial score (nSPS) is 19.7. The van der Waals surface area contributed by atoms with Crippen LogP contribution >= 0.6 is 11.6 Å². The maximum absolute atomic E-state index is 13.1. The van der Waals surface area contributed by atoms with Crippen LogP contribution in [0.15, 0.2) is 29.3 Å². The smallest absolute Gasteiger partial charge is 0.245 e. The Balaban J connectivity index is 1.61. The molecule has 166 valence electrons. The minimum atomic E-state index is -0.520. The van der Waals surface area contributed by atoms with Crippen LogP contribution in [-0.4, -0.2) is 66.3 Å². The van der Waals surface area contributed by atoms with Gasteiger partial charge in [-0.15, -0.1) is 0 Å². The molecule has 2 aliphatic heterocycles. The molecule has 0 bridgehead atoms. The van der Waals surface area contributed by atoms with E-state index in [0.717, 1.165) is 44.3 Å². The Hall–Kier alpha value is -2.79. The molecule has 0 spiro atoms. The second-order valence-corrected chi connectivity index (χ2v) is 8.26. The van der Waals surface area contributed by atoms with E-state index < -0.39 is 6.04 Å². The van der Waals surface area contributed by atoms with Crippen LogP contribution in [0.3, 0.4) is 0 Å². The van der Waals surface area contributed by atoms with Crippen LogP contribution in [-0.2, 0) is 16.0 Å². The zero-order chi connectivity index (χ0) is 22.1. The lowest BCUT2D eigenvalue weighted by Crippen LogP contribution is -2.52. The van der Waals surface area contributed by atoms with Crippen molar-refractivity contribution < 1.29 is 9.59 Å². The van der Waals surface area contributed by atoms with Gasteiger partial charge in [0.1, 0.15) is 6.04 Å². The lowest BCUT2D eigenvalue weighted by molar-refractivity contribution is -0.140. The van der Waals surface area contributed by atoms with Crippen LogP contribution in [0.25, 0.3) is 0 Å². The van der Waals surface area contributed by atoms with Gasteiger partial charge in [-0.1, -0.05) is 29.8 Å². The number of aliphatic imine (C=N–C) groups is 1. The summed E-state index contributed by atoms with van der Waals surface area (Å²) in [5.74, 6) is 0.152. The second kappa shape index (κ2) is 11.6. The summed E-state index contributed by atoms with van der Waals surface area (Å²) in [6, 6.07) is 7.04. The topological polar surface area (TPSA) is 101 Å². The number of halogens is 1. The van der Waals surface area contributed by atoms with Crippen LogP contribution in [0.4, 0.5) is 0 Å². The number of carbonyl (C=O) groups excluding carboxylic acids is 2. The van der Waals surface area contributed by atoms with Crippen molar-refractivity contribution in [2.75, 3.05) is 32.7 Å². The summed E-state index contributed by atoms with van der Waals surface area (Å²) in [6.45, 7) is 2.65. The second-order valence-electron chi connectivity index (χ2n) is 7.85. The number of amides is 2. The van der Waals surface area contributed by atoms with Gasteiger partial charge in [0.2, 0.25) is 17.8 Å². The van der Waals surface area contributed by atoms with Crippen molar-refractivity contribution in [3.8, 4) is 6.19 Å². The lowest BCUT2D eigenvalue weighted by Gasteiger charge is -2.27. The first-order chi connectivity index (χ1) is 15.1. The number of guanidine groups is 1. The molecule has 31 heavy (non-hydrogen) atoms. The number of hydrogen-bond donors (Lipinski definition) is 2. The molecule has 2 saturated heterocycles. The van der Waals surface area contributed by atoms with E-state index in [4.69, 9.17) is 16.9 Å². The van der Waals surface area contributed by atoms with Gasteiger partial charge >= 0.3 is 0 Å². The van der Waals surface area contributed by atoms with Crippen LogP contribution in [0, 0.1) is 11.5 Å². The maximum atomic E-state index is 13.1. The molecule has 1 atom stereocenters. The first-order valence-corrected chi connectivity index (χ1v) is 11.2. The van der Waals surface area contributed by atoms with Gasteiger partial charge in [-0.05, 0) is 50.2 Å². The van der Waals surface area contributed by atoms with Gasteiger partial charge in [0.15, 0.2) is 6.19 Å². The SMILES string of the molecule is N#CNC(=NCCc1ccccc1Cl)NC1CCCCN(CC(=O)N2CCCC2)C1=O. The third-order valence-electron chi connectivity index (χ3n) is 5.66. The Morgan fingerprint density at radius 2 is 1.94 bits per heavy atom. The highest BCUT2D eigenvalue weighted by Crippen LogP contribution is 2.16. The number of benzene rings is 1. The van der Waals surface area contributed by atoms with Gasteiger partial charge in [0.25, 0.3) is 0 Å². The molecule has 1 aromatic rings. The molecule has 2 fully saturated rings. The van der Waals surface area contributed by atoms with Crippen molar-refractivity contribution in [2.45, 2.75) is 44.6 Å². The maximum Gasteiger partial charge on any atom is 0.245 e. The van der Waals surface area contributed by atoms with Crippen LogP contribution in [0.5, 0.6) is 0 Å². The predicted octanol–water partition coefficient (Wildman–Crippen LogP) is 1.90. The van der Waals surface area contributed by atoms with Gasteiger partial charge in [-0.3, -0.25) is 19.9 Å². The quantitative estimate of drug-likeness (QED) is 0.302. The van der Waals surface area contributed by atoms with Gasteiger partial charge in [0.05, 0.1) is 6.54 Å². The van der Waals surface area contributed by atoms with E-state index in [1.54, 1.807) is 4.90 Å². The van der Waals surface area contributed by atoms with Gasteiger partial charge in [-0.25, -0.2) is 0 Å². The van der Waals surface area contributed by atoms with E-state index in [0.29, 0.717) is 31.0 Å². The van der Waals surface area contributed by atoms with E-state index >= 15 is 0 Å². The van der Waals surface area contributed by atoms with Gasteiger partial charge in [-0.2, -0.15) is 5.26 Å². The van der Waals surface area contributed by atoms with E-state index in [-0.39, 0.29) is 24.3 Å². The Morgan fingerprint density at radius 1 is 1.19 bits per heavy atom. The van der Waals surface area contributed by atoms with E-state index in [1.165, 1.54) is 0 Å². The molecular formula is C22H29ClN6O2. The first-order valence-electron chi connectivity index (χ1n) is 10.8. The van der Waals surface area contributed by atoms with Gasteiger partial charge < -0.3 is 15.1 Å². The molecule has 2 amide bonds. The average Bonchev–Trinajstić information content (AvgIpc) is 3.25. The Kier molecular flexibility index (Phi) is 8.53. The number of nitriles is 1. The summed E-state index contributed by atoms with van der Waals surface area (Å²) in [5, 5.41) is 15.4. The van der Waals surface area contributed by atoms with E-state index in [2.05, 4.69) is 15.6 Å². The third-order valence-corrected chi connectivity index (χ3v) is 6.03. The summed E-state index contributed by atoms with van der Waals surface area (Å²) in [5.41, 5.74) is 0.973. The van der Waals surface area contributed by atoms with Crippen LogP contribution < -0.4 is 10.6 Å². The molecule has 1 unspecified atom stereocenters. The van der Waals surface area contributed by atoms with E-state index in [9.17, 15) is 9.59 Å². The Bertz CT molecular complexity index is 847. The molecule has 0 saturated carbocycles. The number of hydrogen-bond acceptors (Lipinski definition) is 4. The van der Waals surface area contributed by atoms with Crippen molar-refractivity contribution in [1.82, 2.24) is 20.4 Å². The highest BCUT2D eigenvalue weighted by atomic mass is 35.5. The monoisotopic (exact) mass is 444 g/mol. The van der Waals surface area contributed by atoms with Crippen LogP contribution in [0.1, 0.15) is 37.7 Å². The Labute approximate surface area is 188 Å². The minimum Gasteiger partial charge on any atom is -0.344 e. The lowest BCUT2D eigenvalue weighted by atomic mass is 10.1. The Morgan fingerprint density at radius 3 is 2.68 bits per heavy atom. The largest absolute Gasteiger partial charge is 0.344 e. The number of nitrogens with one attached hydrogen (secondary N) is 2. The molecular weight excluding hydrogens is 416 g/mol. The van der Waals surface area contributed by atoms with E-state index in [1.807, 2.05) is 35.4 Å². The summed E-state index contributed by atoms with van der Waals surface area (Å²) in [6.07, 6.45) is 6.88. The number of nitrogens with zero attached hydrogens (tertiary/aromatic N) is 4. The molecule has 0 aliphatic carbocycles. The predicted molar refractivity (Wildman–Crippen MR) is 119 cm³/mol. The van der Waals surface area contributed by atoms with Gasteiger partial charge in [0, 0.05) is 31.2 Å². The third kappa shape index (κ3) is 6.59. The van der Waals surface area contributed by atoms with Crippen molar-refractivity contribution >= 4 is 29.4 Å². The zero-order valence-electron chi connectivity index (χ0n) is 17.6. The number of carbonyl (C=O) groups is 2. The number of rotatable bonds is 6. The molecule has 0 aromatic heterocycles. The molecule has 2 aliphatic rings. The fourth-order valence-corrected chi connectivity index (χ4v) is 4.18. The zero-order valence-corrected chi connectivity index (χ0v) is 18.4. The molecule has 9 heteroatoms. The molecule has 8 nitrogen and oxygen atoms in total. The van der Waals surface area contributed by atoms with Crippen molar-refractivity contribution in [3.05, 3.63) is 34.9 Å². The molecule has 1 aromatic carbocycles. The molecule has 3 rings (SSSR count). The fourth-order valence-electron chi connectivity index (χ4n) is 3.95. The average molecular weight is 445 g/mol. The highest BCUT2D eigenvalue weighted by Gasteiger charge is 2.30. The molecule has 2 heterocycles. The summed E-state index contributed by atoms with van der Waals surface area (Å²) >= 11 is 6.18. The standard InChI is InChI=1S/C22H29ClN6O2/c23-18-8-2-1-7-17(18)10-11-25-22(26-16-24)27-19-9-3-4-14-29(21(19)31)15-20(30)28-12-5-6-13-28/h1-2,7-8,19H,3-6,9-15H2,(H2,25,26,27). The summed E-state index contributed by atoms with van der Waals surface area (Å²) in [7, 11) is 0. The summed E-state index contributed by atoms with van der Waals surface area (Å²) in [4.78, 5) is 33.5. The highest BCUT2D eigenvalue weighted by molar-refractivity contribution is 6.31. The van der Waals surface area contributed by atoms with Crippen LogP contribution in [0.2, 0.25) is 5.02 Å².